The molecule has 0 saturated carbocycles. The zero-order chi connectivity index (χ0) is 76.0. The normalized spacial score (nSPS) is 14.6. The Hall–Kier alpha value is -5.06. The number of carbonyl (C=O) groups is 4. The molecule has 5 atom stereocenters. The van der Waals surface area contributed by atoms with E-state index in [2.05, 4.69) is 174 Å². The number of hydrogen-bond donors (Lipinski definition) is 3. The number of aliphatic hydroxyl groups is 1. The van der Waals surface area contributed by atoms with Gasteiger partial charge < -0.3 is 33.8 Å². The lowest BCUT2D eigenvalue weighted by Crippen LogP contribution is -2.30. The number of rotatable bonds is 74. The molecule has 0 saturated heterocycles. The Morgan fingerprint density at radius 3 is 0.788 bits per heavy atom. The minimum atomic E-state index is -5.00. The van der Waals surface area contributed by atoms with Crippen LogP contribution in [0.5, 0.6) is 0 Å². The second kappa shape index (κ2) is 76.1. The summed E-state index contributed by atoms with van der Waals surface area (Å²) in [4.78, 5) is 73.1. The molecular weight excluding hydrogens is 1350 g/mol. The average molecular weight is 1500 g/mol. The van der Waals surface area contributed by atoms with Gasteiger partial charge in [-0.25, -0.2) is 9.13 Å². The molecule has 594 valence electrons. The number of unbranched alkanes of at least 4 members (excludes halogenated alkanes) is 24. The molecular formula is C85H142O17P2. The molecule has 0 fully saturated rings. The summed E-state index contributed by atoms with van der Waals surface area (Å²) < 4.78 is 68.6. The number of hydrogen-bond acceptors (Lipinski definition) is 15. The zero-order valence-electron chi connectivity index (χ0n) is 64.9. The van der Waals surface area contributed by atoms with Crippen molar-refractivity contribution in [1.29, 1.82) is 0 Å². The Balaban J connectivity index is 5.42. The molecule has 0 radical (unpaired) electrons. The maximum absolute atomic E-state index is 13.1. The largest absolute Gasteiger partial charge is 0.472 e. The predicted octanol–water partition coefficient (Wildman–Crippen LogP) is 23.4. The van der Waals surface area contributed by atoms with Gasteiger partial charge in [-0.15, -0.1) is 0 Å². The van der Waals surface area contributed by atoms with Crippen LogP contribution in [-0.2, 0) is 65.4 Å². The van der Waals surface area contributed by atoms with Gasteiger partial charge in [0.1, 0.15) is 19.3 Å². The van der Waals surface area contributed by atoms with Crippen LogP contribution in [0.1, 0.15) is 310 Å². The quantitative estimate of drug-likeness (QED) is 0.0169. The van der Waals surface area contributed by atoms with Crippen LogP contribution in [0.15, 0.2) is 146 Å². The van der Waals surface area contributed by atoms with Gasteiger partial charge in [0.05, 0.1) is 26.4 Å². The monoisotopic (exact) mass is 1500 g/mol. The second-order valence-electron chi connectivity index (χ2n) is 26.2. The number of phosphoric acid groups is 2. The summed E-state index contributed by atoms with van der Waals surface area (Å²) >= 11 is 0. The van der Waals surface area contributed by atoms with Crippen LogP contribution >= 0.6 is 15.6 Å². The number of aliphatic hydroxyl groups excluding tert-OH is 1. The molecule has 0 aliphatic heterocycles. The van der Waals surface area contributed by atoms with E-state index < -0.39 is 97.5 Å². The SMILES string of the molecule is CC/C=C\C/C=C\C/C=C\C/C=C\CCCCC(=O)OC(COC(=O)CCCCCCCCC/C=C\C/C=C\C/C=C\CC)COP(=O)(O)OCC(O)COP(=O)(O)OCC(COC(=O)CCCCCCCCC/C=C\C/C=C\C/C=C\CC)OC(=O)CCCCCCC/C=C\C/C=C\CCCCC. The van der Waals surface area contributed by atoms with Gasteiger partial charge >= 0.3 is 39.5 Å². The Labute approximate surface area is 630 Å². The average Bonchev–Trinajstić information content (AvgIpc) is 1.21. The van der Waals surface area contributed by atoms with Crippen LogP contribution < -0.4 is 0 Å². The van der Waals surface area contributed by atoms with Crippen LogP contribution in [0.4, 0.5) is 0 Å². The Kier molecular flexibility index (Phi) is 72.4. The van der Waals surface area contributed by atoms with Crippen molar-refractivity contribution in [1.82, 2.24) is 0 Å². The van der Waals surface area contributed by atoms with Gasteiger partial charge in [0.15, 0.2) is 12.2 Å². The molecule has 3 N–H and O–H groups in total. The van der Waals surface area contributed by atoms with E-state index in [1.165, 1.54) is 19.3 Å². The fourth-order valence-electron chi connectivity index (χ4n) is 10.3. The van der Waals surface area contributed by atoms with E-state index in [9.17, 15) is 43.2 Å². The molecule has 104 heavy (non-hydrogen) atoms. The lowest BCUT2D eigenvalue weighted by Gasteiger charge is -2.21. The molecule has 0 aromatic heterocycles. The molecule has 5 unspecified atom stereocenters. The maximum Gasteiger partial charge on any atom is 0.472 e. The molecule has 0 amide bonds. The highest BCUT2D eigenvalue weighted by molar-refractivity contribution is 7.47. The first-order valence-electron chi connectivity index (χ1n) is 40.1. The number of ether oxygens (including phenoxy) is 4. The van der Waals surface area contributed by atoms with Gasteiger partial charge in [-0.05, 0) is 161 Å². The molecule has 17 nitrogen and oxygen atoms in total. The smallest absolute Gasteiger partial charge is 0.462 e. The minimum absolute atomic E-state index is 0.0363. The topological polar surface area (TPSA) is 237 Å². The summed E-state index contributed by atoms with van der Waals surface area (Å²) in [5.74, 6) is -2.26. The van der Waals surface area contributed by atoms with Crippen LogP contribution in [0.2, 0.25) is 0 Å². The zero-order valence-corrected chi connectivity index (χ0v) is 66.7. The molecule has 0 aliphatic carbocycles. The van der Waals surface area contributed by atoms with E-state index >= 15 is 0 Å². The Morgan fingerprint density at radius 1 is 0.279 bits per heavy atom. The maximum atomic E-state index is 13.1. The molecule has 0 bridgehead atoms. The van der Waals surface area contributed by atoms with Crippen LogP contribution in [0.3, 0.4) is 0 Å². The highest BCUT2D eigenvalue weighted by Gasteiger charge is 2.30. The fourth-order valence-corrected chi connectivity index (χ4v) is 11.8. The molecule has 0 spiro atoms. The third kappa shape index (κ3) is 75.2. The summed E-state index contributed by atoms with van der Waals surface area (Å²) in [5, 5.41) is 10.6. The van der Waals surface area contributed by atoms with E-state index in [1.54, 1.807) is 0 Å². The third-order valence-electron chi connectivity index (χ3n) is 16.3. The van der Waals surface area contributed by atoms with Gasteiger partial charge in [-0.3, -0.25) is 37.3 Å². The van der Waals surface area contributed by atoms with Crippen LogP contribution in [-0.4, -0.2) is 96.7 Å². The van der Waals surface area contributed by atoms with Crippen molar-refractivity contribution in [3.8, 4) is 0 Å². The summed E-state index contributed by atoms with van der Waals surface area (Å²) in [6.07, 6.45) is 86.8. The number of esters is 4. The van der Waals surface area contributed by atoms with E-state index in [0.717, 1.165) is 205 Å². The van der Waals surface area contributed by atoms with Crippen LogP contribution in [0, 0.1) is 0 Å². The van der Waals surface area contributed by atoms with Crippen LogP contribution in [0.25, 0.3) is 0 Å². The Morgan fingerprint density at radius 2 is 0.500 bits per heavy atom. The summed E-state index contributed by atoms with van der Waals surface area (Å²) in [6, 6.07) is 0. The van der Waals surface area contributed by atoms with Gasteiger partial charge in [-0.1, -0.05) is 270 Å². The van der Waals surface area contributed by atoms with E-state index in [1.807, 2.05) is 0 Å². The van der Waals surface area contributed by atoms with Crippen molar-refractivity contribution in [2.45, 2.75) is 329 Å². The van der Waals surface area contributed by atoms with E-state index in [-0.39, 0.29) is 25.7 Å². The fraction of sp³-hybridized carbons (Fsp3) is 0.671. The Bertz CT molecular complexity index is 2540. The minimum Gasteiger partial charge on any atom is -0.462 e. The number of allylic oxidation sites excluding steroid dienone is 24. The summed E-state index contributed by atoms with van der Waals surface area (Å²) in [6.45, 7) is 4.44. The van der Waals surface area contributed by atoms with Crippen molar-refractivity contribution in [3.05, 3.63) is 146 Å². The summed E-state index contributed by atoms with van der Waals surface area (Å²) in [5.41, 5.74) is 0. The first-order chi connectivity index (χ1) is 50.7. The van der Waals surface area contributed by atoms with Crippen molar-refractivity contribution in [2.24, 2.45) is 0 Å². The highest BCUT2D eigenvalue weighted by atomic mass is 31.2. The predicted molar refractivity (Wildman–Crippen MR) is 427 cm³/mol. The standard InChI is InChI=1S/C85H142O17P2/c1-5-9-13-17-21-25-29-33-37-39-43-45-49-53-57-61-65-69-82(87)95-75-80(101-84(89)71-67-63-59-55-51-47-41-35-31-27-23-19-15-11-7-3)77-99-103(91,92)97-73-79(86)74-98-104(93,94)100-78-81(102-85(90)72-68-64-60-56-52-48-42-36-32-28-24-20-16-12-8-4)76-96-83(88)70-66-62-58-54-50-46-44-40-38-34-30-26-22-18-14-10-6-2/h9-11,13-15,21-28,33-38,41-42,51,55,79-81,86H,5-8,12,16-20,29-32,39-40,43-50,52-54,56-78H2,1-4H3,(H,91,92)(H,93,94)/b13-9-,14-10-,15-11-,25-21-,26-22-,27-23-,28-24-,37-33-,38-34-,41-35-,42-36-,55-51-. The van der Waals surface area contributed by atoms with E-state index in [0.29, 0.717) is 32.1 Å². The van der Waals surface area contributed by atoms with E-state index in [4.69, 9.17) is 37.0 Å². The van der Waals surface area contributed by atoms with Crippen molar-refractivity contribution < 1.29 is 80.2 Å². The first-order valence-corrected chi connectivity index (χ1v) is 43.1. The number of phosphoric ester groups is 2. The second-order valence-corrected chi connectivity index (χ2v) is 29.1. The lowest BCUT2D eigenvalue weighted by atomic mass is 10.1. The van der Waals surface area contributed by atoms with Crippen molar-refractivity contribution >= 4 is 39.5 Å². The van der Waals surface area contributed by atoms with Crippen molar-refractivity contribution in [2.75, 3.05) is 39.6 Å². The molecule has 0 aromatic carbocycles. The van der Waals surface area contributed by atoms with Gasteiger partial charge in [0, 0.05) is 25.7 Å². The molecule has 0 aromatic rings. The molecule has 0 aliphatic rings. The number of carbonyl (C=O) groups excluding carboxylic acids is 4. The highest BCUT2D eigenvalue weighted by Crippen LogP contribution is 2.45. The third-order valence-corrected chi connectivity index (χ3v) is 18.2. The van der Waals surface area contributed by atoms with Gasteiger partial charge in [0.25, 0.3) is 0 Å². The van der Waals surface area contributed by atoms with Gasteiger partial charge in [0.2, 0.25) is 0 Å². The molecule has 0 heterocycles. The first kappa shape index (κ1) is 98.9. The lowest BCUT2D eigenvalue weighted by molar-refractivity contribution is -0.161. The summed E-state index contributed by atoms with van der Waals surface area (Å²) in [7, 11) is -9.99. The van der Waals surface area contributed by atoms with Crippen molar-refractivity contribution in [3.63, 3.8) is 0 Å². The van der Waals surface area contributed by atoms with Gasteiger partial charge in [-0.2, -0.15) is 0 Å². The molecule has 0 rings (SSSR count). The molecule has 19 heteroatoms.